The first-order chi connectivity index (χ1) is 18.0. The fraction of sp³-hybridized carbons (Fsp3) is 0.357. The van der Waals surface area contributed by atoms with Crippen LogP contribution in [0, 0.1) is 17.6 Å². The Kier molecular flexibility index (Phi) is 7.39. The van der Waals surface area contributed by atoms with Gasteiger partial charge in [-0.25, -0.2) is 8.78 Å². The summed E-state index contributed by atoms with van der Waals surface area (Å²) in [5, 5.41) is 8.65. The lowest BCUT2D eigenvalue weighted by Gasteiger charge is -2.27. The van der Waals surface area contributed by atoms with E-state index in [-0.39, 0.29) is 23.8 Å². The molecule has 37 heavy (non-hydrogen) atoms. The van der Waals surface area contributed by atoms with Gasteiger partial charge in [-0.2, -0.15) is 0 Å². The molecule has 1 aliphatic carbocycles. The molecule has 0 radical (unpaired) electrons. The average Bonchev–Trinajstić information content (AvgIpc) is 3.76. The van der Waals surface area contributed by atoms with Gasteiger partial charge in [-0.1, -0.05) is 12.1 Å². The van der Waals surface area contributed by atoms with Crippen molar-refractivity contribution in [3.8, 4) is 11.3 Å². The minimum absolute atomic E-state index is 0.000602. The van der Waals surface area contributed by atoms with E-state index in [0.29, 0.717) is 50.2 Å². The molecule has 2 amide bonds. The summed E-state index contributed by atoms with van der Waals surface area (Å²) >= 11 is 0. The molecule has 5 rings (SSSR count). The lowest BCUT2D eigenvalue weighted by atomic mass is 10.1. The summed E-state index contributed by atoms with van der Waals surface area (Å²) in [6.45, 7) is 2.77. The van der Waals surface area contributed by atoms with Crippen molar-refractivity contribution >= 4 is 17.6 Å². The maximum Gasteiger partial charge on any atom is 0.257 e. The zero-order chi connectivity index (χ0) is 25.8. The molecule has 192 valence electrons. The molecule has 1 aromatic heterocycles. The van der Waals surface area contributed by atoms with E-state index in [1.165, 1.54) is 29.2 Å². The van der Waals surface area contributed by atoms with Crippen molar-refractivity contribution in [2.75, 3.05) is 44.2 Å². The Balaban J connectivity index is 1.21. The van der Waals surface area contributed by atoms with Crippen LogP contribution < -0.4 is 4.90 Å². The van der Waals surface area contributed by atoms with Crippen molar-refractivity contribution in [2.24, 2.45) is 5.92 Å². The Bertz CT molecular complexity index is 1250. The summed E-state index contributed by atoms with van der Waals surface area (Å²) in [7, 11) is 0. The average molecular weight is 506 g/mol. The highest BCUT2D eigenvalue weighted by Gasteiger charge is 2.31. The predicted octanol–water partition coefficient (Wildman–Crippen LogP) is 4.01. The minimum atomic E-state index is -0.572. The van der Waals surface area contributed by atoms with Gasteiger partial charge in [-0.3, -0.25) is 9.59 Å². The molecule has 2 heterocycles. The molecule has 2 aromatic carbocycles. The van der Waals surface area contributed by atoms with Crippen LogP contribution in [-0.2, 0) is 4.79 Å². The van der Waals surface area contributed by atoms with Crippen molar-refractivity contribution in [1.29, 1.82) is 0 Å². The number of carbonyl (C=O) groups is 2. The molecule has 0 N–H and O–H groups in total. The second-order valence-corrected chi connectivity index (χ2v) is 9.61. The second kappa shape index (κ2) is 11.0. The van der Waals surface area contributed by atoms with Gasteiger partial charge >= 0.3 is 0 Å². The van der Waals surface area contributed by atoms with Gasteiger partial charge in [0.2, 0.25) is 5.91 Å². The molecule has 9 heteroatoms. The highest BCUT2D eigenvalue weighted by Crippen LogP contribution is 2.30. The SMILES string of the molecule is O=C(CN(CC1CC1)C(=O)c1ccccc1F)N1CCCN(c2ccc(-c3ccc(F)cc3)nn2)CC1. The van der Waals surface area contributed by atoms with E-state index in [1.54, 1.807) is 29.2 Å². The summed E-state index contributed by atoms with van der Waals surface area (Å²) in [4.78, 5) is 31.6. The molecule has 0 atom stereocenters. The van der Waals surface area contributed by atoms with E-state index in [0.717, 1.165) is 24.8 Å². The summed E-state index contributed by atoms with van der Waals surface area (Å²) in [5.41, 5.74) is 1.44. The van der Waals surface area contributed by atoms with Crippen molar-refractivity contribution in [3.63, 3.8) is 0 Å². The molecule has 1 aliphatic heterocycles. The lowest BCUT2D eigenvalue weighted by molar-refractivity contribution is -0.131. The van der Waals surface area contributed by atoms with Crippen LogP contribution in [0.1, 0.15) is 29.6 Å². The molecule has 2 aliphatic rings. The summed E-state index contributed by atoms with van der Waals surface area (Å²) in [6, 6.07) is 15.8. The van der Waals surface area contributed by atoms with Crippen molar-refractivity contribution < 1.29 is 18.4 Å². The van der Waals surface area contributed by atoms with E-state index in [2.05, 4.69) is 15.1 Å². The molecular formula is C28H29F2N5O2. The number of hydrogen-bond acceptors (Lipinski definition) is 5. The number of hydrogen-bond donors (Lipinski definition) is 0. The van der Waals surface area contributed by atoms with Gasteiger partial charge in [-0.05, 0) is 73.7 Å². The Morgan fingerprint density at radius 1 is 0.892 bits per heavy atom. The Morgan fingerprint density at radius 2 is 1.68 bits per heavy atom. The van der Waals surface area contributed by atoms with Gasteiger partial charge in [0.25, 0.3) is 5.91 Å². The smallest absolute Gasteiger partial charge is 0.257 e. The molecule has 2 fully saturated rings. The van der Waals surface area contributed by atoms with Crippen LogP contribution in [0.15, 0.2) is 60.7 Å². The summed E-state index contributed by atoms with van der Waals surface area (Å²) in [6.07, 6.45) is 2.79. The normalized spacial score (nSPS) is 15.8. The Labute approximate surface area is 214 Å². The molecule has 0 spiro atoms. The van der Waals surface area contributed by atoms with Crippen LogP contribution in [0.3, 0.4) is 0 Å². The minimum Gasteiger partial charge on any atom is -0.353 e. The van der Waals surface area contributed by atoms with Gasteiger partial charge < -0.3 is 14.7 Å². The number of amides is 2. The summed E-state index contributed by atoms with van der Waals surface area (Å²) in [5.74, 6) is -0.358. The lowest BCUT2D eigenvalue weighted by Crippen LogP contribution is -2.45. The molecule has 1 saturated carbocycles. The van der Waals surface area contributed by atoms with Gasteiger partial charge in [0.05, 0.1) is 11.3 Å². The van der Waals surface area contributed by atoms with Gasteiger partial charge in [0, 0.05) is 38.3 Å². The first-order valence-corrected chi connectivity index (χ1v) is 12.6. The van der Waals surface area contributed by atoms with Crippen LogP contribution >= 0.6 is 0 Å². The molecule has 0 bridgehead atoms. The van der Waals surface area contributed by atoms with Crippen molar-refractivity contribution in [1.82, 2.24) is 20.0 Å². The highest BCUT2D eigenvalue weighted by molar-refractivity contribution is 5.96. The largest absolute Gasteiger partial charge is 0.353 e. The number of rotatable bonds is 7. The molecule has 7 nitrogen and oxygen atoms in total. The van der Waals surface area contributed by atoms with E-state index < -0.39 is 11.7 Å². The first-order valence-electron chi connectivity index (χ1n) is 12.6. The zero-order valence-corrected chi connectivity index (χ0v) is 20.5. The third-order valence-corrected chi connectivity index (χ3v) is 6.86. The number of benzene rings is 2. The fourth-order valence-corrected chi connectivity index (χ4v) is 4.56. The zero-order valence-electron chi connectivity index (χ0n) is 20.5. The van der Waals surface area contributed by atoms with E-state index in [4.69, 9.17) is 0 Å². The first kappa shape index (κ1) is 24.8. The standard InChI is InChI=1S/C28H29F2N5O2/c29-22-10-8-21(9-11-22)25-12-13-26(32-31-25)33-14-3-15-34(17-16-33)27(36)19-35(18-20-6-7-20)28(37)23-4-1-2-5-24(23)30/h1-2,4-5,8-13,20H,3,6-7,14-19H2. The van der Waals surface area contributed by atoms with Gasteiger partial charge in [0.15, 0.2) is 5.82 Å². The number of nitrogens with zero attached hydrogens (tertiary/aromatic N) is 5. The number of carbonyl (C=O) groups excluding carboxylic acids is 2. The monoisotopic (exact) mass is 505 g/mol. The predicted molar refractivity (Wildman–Crippen MR) is 136 cm³/mol. The van der Waals surface area contributed by atoms with Gasteiger partial charge in [0.1, 0.15) is 18.2 Å². The fourth-order valence-electron chi connectivity index (χ4n) is 4.56. The maximum absolute atomic E-state index is 14.3. The molecule has 0 unspecified atom stereocenters. The van der Waals surface area contributed by atoms with E-state index in [9.17, 15) is 18.4 Å². The third-order valence-electron chi connectivity index (χ3n) is 6.86. The third kappa shape index (κ3) is 6.10. The molecule has 3 aromatic rings. The van der Waals surface area contributed by atoms with Crippen LogP contribution in [0.4, 0.5) is 14.6 Å². The van der Waals surface area contributed by atoms with E-state index in [1.807, 2.05) is 12.1 Å². The van der Waals surface area contributed by atoms with Crippen molar-refractivity contribution in [2.45, 2.75) is 19.3 Å². The Hall–Kier alpha value is -3.88. The number of halogens is 2. The van der Waals surface area contributed by atoms with Crippen LogP contribution in [-0.4, -0.2) is 71.1 Å². The van der Waals surface area contributed by atoms with Gasteiger partial charge in [-0.15, -0.1) is 10.2 Å². The van der Waals surface area contributed by atoms with E-state index >= 15 is 0 Å². The van der Waals surface area contributed by atoms with Crippen LogP contribution in [0.25, 0.3) is 11.3 Å². The summed E-state index contributed by atoms with van der Waals surface area (Å²) < 4.78 is 27.5. The molecule has 1 saturated heterocycles. The molecular weight excluding hydrogens is 476 g/mol. The topological polar surface area (TPSA) is 69.6 Å². The maximum atomic E-state index is 14.3. The number of anilines is 1. The number of aromatic nitrogens is 2. The van der Waals surface area contributed by atoms with Crippen molar-refractivity contribution in [3.05, 3.63) is 77.9 Å². The van der Waals surface area contributed by atoms with Crippen LogP contribution in [0.2, 0.25) is 0 Å². The quantitative estimate of drug-likeness (QED) is 0.485. The second-order valence-electron chi connectivity index (χ2n) is 9.61. The highest BCUT2D eigenvalue weighted by atomic mass is 19.1. The van der Waals surface area contributed by atoms with Crippen LogP contribution in [0.5, 0.6) is 0 Å². The Morgan fingerprint density at radius 3 is 2.38 bits per heavy atom.